The molecule has 0 aliphatic rings. The fourth-order valence-electron chi connectivity index (χ4n) is 1.83. The Kier molecular flexibility index (Phi) is 7.87. The Morgan fingerprint density at radius 1 is 1.15 bits per heavy atom. The highest BCUT2D eigenvalue weighted by Gasteiger charge is 2.05. The minimum atomic E-state index is -0.236. The summed E-state index contributed by atoms with van der Waals surface area (Å²) in [6, 6.07) is 5.04. The molecule has 1 aromatic rings. The van der Waals surface area contributed by atoms with Gasteiger partial charge in [0.2, 0.25) is 5.91 Å². The van der Waals surface area contributed by atoms with Crippen LogP contribution in [-0.4, -0.2) is 29.3 Å². The number of anilines is 1. The number of rotatable bonds is 9. The third-order valence-electron chi connectivity index (χ3n) is 2.83. The summed E-state index contributed by atoms with van der Waals surface area (Å²) in [5.74, 6) is -0.236. The largest absolute Gasteiger partial charge is 0.392 e. The number of aliphatic hydroxyl groups is 2. The third kappa shape index (κ3) is 6.14. The second kappa shape index (κ2) is 9.47. The smallest absolute Gasteiger partial charge is 0.250 e. The fourth-order valence-corrected chi connectivity index (χ4v) is 1.83. The molecule has 0 aliphatic heterocycles. The van der Waals surface area contributed by atoms with Gasteiger partial charge in [0.15, 0.2) is 0 Å². The molecule has 0 radical (unpaired) electrons. The highest BCUT2D eigenvalue weighted by atomic mass is 16.5. The Morgan fingerprint density at radius 2 is 1.80 bits per heavy atom. The van der Waals surface area contributed by atoms with Gasteiger partial charge in [0, 0.05) is 12.3 Å². The van der Waals surface area contributed by atoms with Gasteiger partial charge in [0.05, 0.1) is 13.2 Å². The quantitative estimate of drug-likeness (QED) is 0.603. The molecule has 0 aliphatic carbocycles. The Balaban J connectivity index is 2.44. The summed E-state index contributed by atoms with van der Waals surface area (Å²) in [6.45, 7) is 2.44. The van der Waals surface area contributed by atoms with Crippen molar-refractivity contribution >= 4 is 11.6 Å². The highest BCUT2D eigenvalue weighted by Crippen LogP contribution is 2.15. The average molecular weight is 281 g/mol. The number of hydrogen-bond donors (Lipinski definition) is 3. The van der Waals surface area contributed by atoms with Gasteiger partial charge >= 0.3 is 0 Å². The van der Waals surface area contributed by atoms with Crippen molar-refractivity contribution < 1.29 is 19.7 Å². The lowest BCUT2D eigenvalue weighted by molar-refractivity contribution is -0.120. The summed E-state index contributed by atoms with van der Waals surface area (Å²) < 4.78 is 5.27. The van der Waals surface area contributed by atoms with Gasteiger partial charge in [0.1, 0.15) is 6.61 Å². The van der Waals surface area contributed by atoms with E-state index >= 15 is 0 Å². The molecule has 0 bridgehead atoms. The number of unbranched alkanes of at least 4 members (excludes halogenated alkanes) is 2. The monoisotopic (exact) mass is 281 g/mol. The zero-order valence-electron chi connectivity index (χ0n) is 11.9. The van der Waals surface area contributed by atoms with E-state index in [1.54, 1.807) is 18.2 Å². The first kappa shape index (κ1) is 16.6. The van der Waals surface area contributed by atoms with Crippen LogP contribution < -0.4 is 5.32 Å². The zero-order chi connectivity index (χ0) is 14.8. The summed E-state index contributed by atoms with van der Waals surface area (Å²) in [7, 11) is 0. The van der Waals surface area contributed by atoms with Crippen LogP contribution in [-0.2, 0) is 22.7 Å². The second-order valence-corrected chi connectivity index (χ2v) is 4.66. The number of benzene rings is 1. The molecule has 1 rings (SSSR count). The lowest BCUT2D eigenvalue weighted by Gasteiger charge is -2.09. The Morgan fingerprint density at radius 3 is 2.35 bits per heavy atom. The van der Waals surface area contributed by atoms with Crippen molar-refractivity contribution in [2.24, 2.45) is 0 Å². The number of aliphatic hydroxyl groups excluding tert-OH is 2. The van der Waals surface area contributed by atoms with Crippen LogP contribution >= 0.6 is 0 Å². The lowest BCUT2D eigenvalue weighted by Crippen LogP contribution is -2.19. The average Bonchev–Trinajstić information content (AvgIpc) is 2.46. The third-order valence-corrected chi connectivity index (χ3v) is 2.83. The van der Waals surface area contributed by atoms with Crippen molar-refractivity contribution in [3.8, 4) is 0 Å². The molecule has 0 saturated carbocycles. The Hall–Kier alpha value is -1.43. The van der Waals surface area contributed by atoms with Crippen LogP contribution in [0.15, 0.2) is 18.2 Å². The van der Waals surface area contributed by atoms with E-state index in [4.69, 9.17) is 14.9 Å². The van der Waals surface area contributed by atoms with Crippen molar-refractivity contribution in [3.63, 3.8) is 0 Å². The molecule has 0 fully saturated rings. The number of carbonyl (C=O) groups excluding carboxylic acids is 1. The van der Waals surface area contributed by atoms with Gasteiger partial charge < -0.3 is 20.3 Å². The van der Waals surface area contributed by atoms with E-state index < -0.39 is 0 Å². The Labute approximate surface area is 119 Å². The molecular weight excluding hydrogens is 258 g/mol. The fraction of sp³-hybridized carbons (Fsp3) is 0.533. The number of carbonyl (C=O) groups is 1. The van der Waals surface area contributed by atoms with Crippen LogP contribution in [0.2, 0.25) is 0 Å². The summed E-state index contributed by atoms with van der Waals surface area (Å²) >= 11 is 0. The van der Waals surface area contributed by atoms with Gasteiger partial charge in [0.25, 0.3) is 0 Å². The van der Waals surface area contributed by atoms with Crippen molar-refractivity contribution in [2.45, 2.75) is 39.4 Å². The molecule has 0 unspecified atom stereocenters. The van der Waals surface area contributed by atoms with Gasteiger partial charge in [-0.25, -0.2) is 0 Å². The van der Waals surface area contributed by atoms with Crippen LogP contribution in [0.1, 0.15) is 37.3 Å². The molecule has 5 heteroatoms. The predicted octanol–water partition coefficient (Wildman–Crippen LogP) is 1.82. The lowest BCUT2D eigenvalue weighted by atomic mass is 10.1. The molecule has 0 atom stereocenters. The summed E-state index contributed by atoms with van der Waals surface area (Å²) in [6.07, 6.45) is 3.17. The number of amides is 1. The molecule has 0 spiro atoms. The first-order valence-electron chi connectivity index (χ1n) is 6.91. The van der Waals surface area contributed by atoms with Crippen molar-refractivity contribution in [1.82, 2.24) is 0 Å². The topological polar surface area (TPSA) is 78.8 Å². The first-order valence-corrected chi connectivity index (χ1v) is 6.91. The van der Waals surface area contributed by atoms with E-state index in [-0.39, 0.29) is 25.7 Å². The first-order chi connectivity index (χ1) is 9.69. The Bertz CT molecular complexity index is 398. The maximum absolute atomic E-state index is 11.7. The van der Waals surface area contributed by atoms with E-state index in [2.05, 4.69) is 12.2 Å². The zero-order valence-corrected chi connectivity index (χ0v) is 11.9. The summed E-state index contributed by atoms with van der Waals surface area (Å²) in [4.78, 5) is 11.7. The molecule has 5 nitrogen and oxygen atoms in total. The van der Waals surface area contributed by atoms with Gasteiger partial charge in [-0.1, -0.05) is 25.8 Å². The molecule has 1 aromatic carbocycles. The minimum absolute atomic E-state index is 0.0154. The number of ether oxygens (including phenoxy) is 1. The molecule has 0 aromatic heterocycles. The molecule has 20 heavy (non-hydrogen) atoms. The second-order valence-electron chi connectivity index (χ2n) is 4.66. The molecule has 112 valence electrons. The molecular formula is C15H23NO4. The van der Waals surface area contributed by atoms with Crippen molar-refractivity contribution in [3.05, 3.63) is 29.3 Å². The van der Waals surface area contributed by atoms with E-state index in [0.29, 0.717) is 23.4 Å². The maximum Gasteiger partial charge on any atom is 0.250 e. The van der Waals surface area contributed by atoms with E-state index in [0.717, 1.165) is 19.3 Å². The maximum atomic E-state index is 11.7. The van der Waals surface area contributed by atoms with E-state index in [9.17, 15) is 4.79 Å². The summed E-state index contributed by atoms with van der Waals surface area (Å²) in [5.41, 5.74) is 1.86. The van der Waals surface area contributed by atoms with Crippen molar-refractivity contribution in [1.29, 1.82) is 0 Å². The number of nitrogens with one attached hydrogen (secondary N) is 1. The van der Waals surface area contributed by atoms with E-state index in [1.807, 2.05) is 0 Å². The minimum Gasteiger partial charge on any atom is -0.392 e. The normalized spacial score (nSPS) is 10.6. The predicted molar refractivity (Wildman–Crippen MR) is 77.3 cm³/mol. The highest BCUT2D eigenvalue weighted by molar-refractivity contribution is 5.91. The van der Waals surface area contributed by atoms with Gasteiger partial charge in [-0.2, -0.15) is 0 Å². The van der Waals surface area contributed by atoms with Crippen LogP contribution in [0.25, 0.3) is 0 Å². The molecule has 3 N–H and O–H groups in total. The van der Waals surface area contributed by atoms with Crippen LogP contribution in [0, 0.1) is 0 Å². The molecule has 0 saturated heterocycles. The number of hydrogen-bond acceptors (Lipinski definition) is 4. The van der Waals surface area contributed by atoms with Gasteiger partial charge in [-0.3, -0.25) is 4.79 Å². The molecule has 1 amide bonds. The van der Waals surface area contributed by atoms with Crippen LogP contribution in [0.4, 0.5) is 5.69 Å². The van der Waals surface area contributed by atoms with Crippen molar-refractivity contribution in [2.75, 3.05) is 18.5 Å². The van der Waals surface area contributed by atoms with Gasteiger partial charge in [-0.05, 0) is 29.7 Å². The van der Waals surface area contributed by atoms with Gasteiger partial charge in [-0.15, -0.1) is 0 Å². The standard InChI is InChI=1S/C15H23NO4/c1-2-3-4-5-20-11-15(19)16-14-7-12(9-17)6-13(8-14)10-18/h6-8,17-18H,2-5,9-11H2,1H3,(H,16,19). The van der Waals surface area contributed by atoms with Crippen LogP contribution in [0.3, 0.4) is 0 Å². The molecule has 0 heterocycles. The summed E-state index contributed by atoms with van der Waals surface area (Å²) in [5, 5.41) is 20.9. The SMILES string of the molecule is CCCCCOCC(=O)Nc1cc(CO)cc(CO)c1. The van der Waals surface area contributed by atoms with E-state index in [1.165, 1.54) is 0 Å². The van der Waals surface area contributed by atoms with Crippen LogP contribution in [0.5, 0.6) is 0 Å².